The first-order valence-corrected chi connectivity index (χ1v) is 9.84. The van der Waals surface area contributed by atoms with Gasteiger partial charge in [0.1, 0.15) is 11.8 Å². The van der Waals surface area contributed by atoms with Crippen molar-refractivity contribution in [3.8, 4) is 5.75 Å². The third-order valence-electron chi connectivity index (χ3n) is 4.62. The molecule has 0 fully saturated rings. The summed E-state index contributed by atoms with van der Waals surface area (Å²) in [5, 5.41) is 3.36. The van der Waals surface area contributed by atoms with Gasteiger partial charge in [-0.05, 0) is 68.6 Å². The predicted octanol–water partition coefficient (Wildman–Crippen LogP) is 5.66. The summed E-state index contributed by atoms with van der Waals surface area (Å²) < 4.78 is 45.7. The molecule has 164 valence electrons. The monoisotopic (exact) mass is 452 g/mol. The minimum absolute atomic E-state index is 0.0239. The molecule has 1 N–H and O–H groups in total. The number of aromatic nitrogens is 1. The highest BCUT2D eigenvalue weighted by Crippen LogP contribution is 2.34. The maximum atomic E-state index is 12.9. The SMILES string of the molecule is CC(C)Oc1ccc2c(=O)n(C(C)C(=O)Nc3cc(C(F)(F)F)ccc3Cl)ccc2c1. The van der Waals surface area contributed by atoms with E-state index in [1.165, 1.54) is 17.7 Å². The van der Waals surface area contributed by atoms with E-state index in [-0.39, 0.29) is 16.8 Å². The van der Waals surface area contributed by atoms with Crippen LogP contribution in [0.25, 0.3) is 10.8 Å². The molecule has 0 aliphatic rings. The van der Waals surface area contributed by atoms with E-state index in [0.29, 0.717) is 16.5 Å². The lowest BCUT2D eigenvalue weighted by molar-refractivity contribution is -0.137. The number of nitrogens with one attached hydrogen (secondary N) is 1. The molecule has 1 unspecified atom stereocenters. The molecule has 0 radical (unpaired) electrons. The molecule has 3 rings (SSSR count). The number of alkyl halides is 3. The second-order valence-electron chi connectivity index (χ2n) is 7.30. The van der Waals surface area contributed by atoms with Crippen molar-refractivity contribution in [2.24, 2.45) is 0 Å². The van der Waals surface area contributed by atoms with Gasteiger partial charge in [0.2, 0.25) is 5.91 Å². The molecule has 0 saturated heterocycles. The van der Waals surface area contributed by atoms with Crippen molar-refractivity contribution in [3.05, 3.63) is 69.6 Å². The Labute approximate surface area is 181 Å². The Morgan fingerprint density at radius 2 is 1.81 bits per heavy atom. The number of hydrogen-bond donors (Lipinski definition) is 1. The van der Waals surface area contributed by atoms with E-state index >= 15 is 0 Å². The van der Waals surface area contributed by atoms with Crippen molar-refractivity contribution in [2.45, 2.75) is 39.1 Å². The Kier molecular flexibility index (Phi) is 6.31. The first-order chi connectivity index (χ1) is 14.5. The highest BCUT2D eigenvalue weighted by molar-refractivity contribution is 6.33. The van der Waals surface area contributed by atoms with E-state index in [4.69, 9.17) is 16.3 Å². The molecule has 2 aromatic carbocycles. The summed E-state index contributed by atoms with van der Waals surface area (Å²) in [6, 6.07) is 8.33. The van der Waals surface area contributed by atoms with Crippen LogP contribution in [0.2, 0.25) is 5.02 Å². The van der Waals surface area contributed by atoms with Crippen LogP contribution in [-0.2, 0) is 11.0 Å². The summed E-state index contributed by atoms with van der Waals surface area (Å²) in [5.74, 6) is -0.0629. The van der Waals surface area contributed by atoms with Gasteiger partial charge in [0.05, 0.1) is 22.4 Å². The normalized spacial score (nSPS) is 12.8. The smallest absolute Gasteiger partial charge is 0.416 e. The number of pyridine rings is 1. The van der Waals surface area contributed by atoms with E-state index in [0.717, 1.165) is 18.2 Å². The Morgan fingerprint density at radius 3 is 2.45 bits per heavy atom. The Bertz CT molecular complexity index is 1190. The van der Waals surface area contributed by atoms with Crippen molar-refractivity contribution in [1.82, 2.24) is 4.57 Å². The number of anilines is 1. The number of halogens is 4. The van der Waals surface area contributed by atoms with Crippen LogP contribution in [0, 0.1) is 0 Å². The number of ether oxygens (including phenoxy) is 1. The Morgan fingerprint density at radius 1 is 1.10 bits per heavy atom. The fourth-order valence-electron chi connectivity index (χ4n) is 3.05. The maximum Gasteiger partial charge on any atom is 0.416 e. The number of hydrogen-bond acceptors (Lipinski definition) is 3. The van der Waals surface area contributed by atoms with Gasteiger partial charge in [-0.3, -0.25) is 9.59 Å². The summed E-state index contributed by atoms with van der Waals surface area (Å²) >= 11 is 5.94. The van der Waals surface area contributed by atoms with Crippen molar-refractivity contribution < 1.29 is 22.7 Å². The molecular formula is C22H20ClF3N2O3. The molecule has 0 aliphatic heterocycles. The summed E-state index contributed by atoms with van der Waals surface area (Å²) in [7, 11) is 0. The molecule has 1 aromatic heterocycles. The molecule has 0 bridgehead atoms. The molecular weight excluding hydrogens is 433 g/mol. The number of rotatable bonds is 5. The zero-order valence-electron chi connectivity index (χ0n) is 17.0. The number of fused-ring (bicyclic) bond motifs is 1. The van der Waals surface area contributed by atoms with Gasteiger partial charge in [-0.2, -0.15) is 13.2 Å². The van der Waals surface area contributed by atoms with Gasteiger partial charge in [0.15, 0.2) is 0 Å². The molecule has 0 spiro atoms. The minimum atomic E-state index is -4.58. The van der Waals surface area contributed by atoms with Crippen LogP contribution in [0.3, 0.4) is 0 Å². The fourth-order valence-corrected chi connectivity index (χ4v) is 3.22. The van der Waals surface area contributed by atoms with Crippen LogP contribution in [0.4, 0.5) is 18.9 Å². The van der Waals surface area contributed by atoms with Gasteiger partial charge in [-0.25, -0.2) is 0 Å². The van der Waals surface area contributed by atoms with E-state index < -0.39 is 29.2 Å². The van der Waals surface area contributed by atoms with Crippen molar-refractivity contribution in [1.29, 1.82) is 0 Å². The first kappa shape index (κ1) is 22.7. The molecule has 0 saturated carbocycles. The number of carbonyl (C=O) groups excluding carboxylic acids is 1. The van der Waals surface area contributed by atoms with Crippen molar-refractivity contribution >= 4 is 34.0 Å². The molecule has 31 heavy (non-hydrogen) atoms. The van der Waals surface area contributed by atoms with Gasteiger partial charge in [-0.1, -0.05) is 11.6 Å². The second kappa shape index (κ2) is 8.63. The molecule has 1 amide bonds. The minimum Gasteiger partial charge on any atom is -0.491 e. The van der Waals surface area contributed by atoms with Crippen molar-refractivity contribution in [3.63, 3.8) is 0 Å². The third kappa shape index (κ3) is 5.02. The summed E-state index contributed by atoms with van der Waals surface area (Å²) in [6.45, 7) is 5.25. The zero-order chi connectivity index (χ0) is 22.9. The predicted molar refractivity (Wildman–Crippen MR) is 114 cm³/mol. The number of amides is 1. The lowest BCUT2D eigenvalue weighted by atomic mass is 10.1. The van der Waals surface area contributed by atoms with E-state index in [2.05, 4.69) is 5.32 Å². The standard InChI is InChI=1S/C22H20ClF3N2O3/c1-12(2)31-16-5-6-17-14(10-16)8-9-28(21(17)30)13(3)20(29)27-19-11-15(22(24,25)26)4-7-18(19)23/h4-13H,1-3H3,(H,27,29). The van der Waals surface area contributed by atoms with Crippen LogP contribution in [-0.4, -0.2) is 16.6 Å². The van der Waals surface area contributed by atoms with Gasteiger partial charge >= 0.3 is 6.18 Å². The van der Waals surface area contributed by atoms with Gasteiger partial charge in [0, 0.05) is 11.6 Å². The van der Waals surface area contributed by atoms with Crippen LogP contribution in [0.5, 0.6) is 5.75 Å². The summed E-state index contributed by atoms with van der Waals surface area (Å²) in [5.41, 5.74) is -1.54. The van der Waals surface area contributed by atoms with Gasteiger partial charge in [0.25, 0.3) is 5.56 Å². The molecule has 1 atom stereocenters. The molecule has 9 heteroatoms. The summed E-state index contributed by atoms with van der Waals surface area (Å²) in [6.07, 6.45) is -3.14. The Balaban J connectivity index is 1.89. The lowest BCUT2D eigenvalue weighted by Gasteiger charge is -2.17. The van der Waals surface area contributed by atoms with Crippen molar-refractivity contribution in [2.75, 3.05) is 5.32 Å². The van der Waals surface area contributed by atoms with Gasteiger partial charge < -0.3 is 14.6 Å². The number of carbonyl (C=O) groups is 1. The van der Waals surface area contributed by atoms with Crippen LogP contribution < -0.4 is 15.6 Å². The average molecular weight is 453 g/mol. The Hall–Kier alpha value is -3.00. The fraction of sp³-hybridized carbons (Fsp3) is 0.273. The number of nitrogens with zero attached hydrogens (tertiary/aromatic N) is 1. The summed E-state index contributed by atoms with van der Waals surface area (Å²) in [4.78, 5) is 25.5. The highest BCUT2D eigenvalue weighted by Gasteiger charge is 2.31. The van der Waals surface area contributed by atoms with Crippen LogP contribution >= 0.6 is 11.6 Å². The topological polar surface area (TPSA) is 60.3 Å². The first-order valence-electron chi connectivity index (χ1n) is 9.46. The van der Waals surface area contributed by atoms with Gasteiger partial charge in [-0.15, -0.1) is 0 Å². The van der Waals surface area contributed by atoms with E-state index in [1.54, 1.807) is 24.3 Å². The number of benzene rings is 2. The highest BCUT2D eigenvalue weighted by atomic mass is 35.5. The molecule has 3 aromatic rings. The molecule has 1 heterocycles. The molecule has 0 aliphatic carbocycles. The van der Waals surface area contributed by atoms with E-state index in [1.807, 2.05) is 13.8 Å². The maximum absolute atomic E-state index is 12.9. The molecule has 5 nitrogen and oxygen atoms in total. The van der Waals surface area contributed by atoms with Crippen LogP contribution in [0.15, 0.2) is 53.5 Å². The van der Waals surface area contributed by atoms with Crippen LogP contribution in [0.1, 0.15) is 32.4 Å². The average Bonchev–Trinajstić information content (AvgIpc) is 2.68. The zero-order valence-corrected chi connectivity index (χ0v) is 17.7. The lowest BCUT2D eigenvalue weighted by Crippen LogP contribution is -2.31. The largest absolute Gasteiger partial charge is 0.491 e. The third-order valence-corrected chi connectivity index (χ3v) is 4.95. The quantitative estimate of drug-likeness (QED) is 0.543. The van der Waals surface area contributed by atoms with E-state index in [9.17, 15) is 22.8 Å². The second-order valence-corrected chi connectivity index (χ2v) is 7.71.